The Morgan fingerprint density at radius 2 is 2.35 bits per heavy atom. The Kier molecular flexibility index (Phi) is 5.11. The molecule has 1 rings (SSSR count). The van der Waals surface area contributed by atoms with E-state index in [1.807, 2.05) is 24.6 Å². The van der Waals surface area contributed by atoms with Gasteiger partial charge >= 0.3 is 5.97 Å². The second-order valence-corrected chi connectivity index (χ2v) is 4.15. The van der Waals surface area contributed by atoms with Crippen LogP contribution in [-0.2, 0) is 11.3 Å². The van der Waals surface area contributed by atoms with E-state index in [1.54, 1.807) is 0 Å². The molecule has 1 heterocycles. The highest BCUT2D eigenvalue weighted by atomic mass is 16.4. The van der Waals surface area contributed by atoms with Crippen LogP contribution in [0.2, 0.25) is 0 Å². The van der Waals surface area contributed by atoms with Crippen molar-refractivity contribution >= 4 is 5.97 Å². The summed E-state index contributed by atoms with van der Waals surface area (Å²) in [6.07, 6.45) is 0.897. The normalized spacial score (nSPS) is 12.6. The van der Waals surface area contributed by atoms with Gasteiger partial charge in [-0.1, -0.05) is 0 Å². The molecule has 1 atom stereocenters. The molecule has 1 aromatic rings. The van der Waals surface area contributed by atoms with Gasteiger partial charge in [0.05, 0.1) is 5.69 Å². The third kappa shape index (κ3) is 4.54. The van der Waals surface area contributed by atoms with Gasteiger partial charge in [-0.2, -0.15) is 5.10 Å². The lowest BCUT2D eigenvalue weighted by atomic mass is 10.3. The van der Waals surface area contributed by atoms with E-state index in [1.165, 1.54) is 0 Å². The Hall–Kier alpha value is -1.40. The van der Waals surface area contributed by atoms with Gasteiger partial charge in [0.2, 0.25) is 0 Å². The van der Waals surface area contributed by atoms with Gasteiger partial charge in [-0.05, 0) is 32.9 Å². The Labute approximate surface area is 101 Å². The highest BCUT2D eigenvalue weighted by Gasteiger charge is 2.09. The summed E-state index contributed by atoms with van der Waals surface area (Å²) in [5, 5.41) is 15.9. The third-order valence-corrected chi connectivity index (χ3v) is 2.51. The summed E-state index contributed by atoms with van der Waals surface area (Å²) >= 11 is 0. The number of rotatable bonds is 7. The van der Waals surface area contributed by atoms with Crippen LogP contribution in [0.3, 0.4) is 0 Å². The maximum atomic E-state index is 10.5. The number of aliphatic carboxylic acids is 1. The molecule has 96 valence electrons. The van der Waals surface area contributed by atoms with E-state index in [2.05, 4.69) is 10.4 Å². The lowest BCUT2D eigenvalue weighted by Gasteiger charge is -2.08. The van der Waals surface area contributed by atoms with Crippen LogP contribution < -0.4 is 11.1 Å². The van der Waals surface area contributed by atoms with Crippen LogP contribution in [0.5, 0.6) is 0 Å². The van der Waals surface area contributed by atoms with E-state index < -0.39 is 12.0 Å². The first-order chi connectivity index (χ1) is 8.00. The second-order valence-electron chi connectivity index (χ2n) is 4.15. The van der Waals surface area contributed by atoms with Crippen LogP contribution in [0.4, 0.5) is 0 Å². The predicted octanol–water partition coefficient (Wildman–Crippen LogP) is -0.108. The summed E-state index contributed by atoms with van der Waals surface area (Å²) in [5.41, 5.74) is 7.52. The van der Waals surface area contributed by atoms with Crippen molar-refractivity contribution < 1.29 is 9.90 Å². The maximum absolute atomic E-state index is 10.5. The predicted molar refractivity (Wildman–Crippen MR) is 64.8 cm³/mol. The molecule has 0 saturated carbocycles. The first-order valence-electron chi connectivity index (χ1n) is 5.71. The number of hydrogen-bond donors (Lipinski definition) is 3. The molecule has 0 bridgehead atoms. The van der Waals surface area contributed by atoms with Gasteiger partial charge in [-0.3, -0.25) is 9.48 Å². The third-order valence-electron chi connectivity index (χ3n) is 2.51. The lowest BCUT2D eigenvalue weighted by molar-refractivity contribution is -0.138. The molecule has 0 aliphatic heterocycles. The number of nitrogens with one attached hydrogen (secondary N) is 1. The van der Waals surface area contributed by atoms with Crippen molar-refractivity contribution in [2.45, 2.75) is 32.9 Å². The van der Waals surface area contributed by atoms with E-state index in [4.69, 9.17) is 10.8 Å². The molecule has 0 radical (unpaired) electrons. The van der Waals surface area contributed by atoms with Crippen molar-refractivity contribution in [1.29, 1.82) is 0 Å². The van der Waals surface area contributed by atoms with E-state index in [0.717, 1.165) is 30.9 Å². The van der Waals surface area contributed by atoms with Gasteiger partial charge in [0, 0.05) is 18.8 Å². The number of carbonyl (C=O) groups is 1. The van der Waals surface area contributed by atoms with Crippen LogP contribution in [0, 0.1) is 13.8 Å². The number of aryl methyl sites for hydroxylation is 3. The summed E-state index contributed by atoms with van der Waals surface area (Å²) in [6.45, 7) is 5.85. The van der Waals surface area contributed by atoms with Crippen molar-refractivity contribution in [3.05, 3.63) is 17.5 Å². The summed E-state index contributed by atoms with van der Waals surface area (Å²) in [7, 11) is 0. The van der Waals surface area contributed by atoms with Crippen LogP contribution in [0.25, 0.3) is 0 Å². The van der Waals surface area contributed by atoms with Gasteiger partial charge in [-0.25, -0.2) is 0 Å². The number of carboxylic acids is 1. The lowest BCUT2D eigenvalue weighted by Crippen LogP contribution is -2.40. The zero-order valence-electron chi connectivity index (χ0n) is 10.3. The maximum Gasteiger partial charge on any atom is 0.321 e. The Morgan fingerprint density at radius 3 is 2.88 bits per heavy atom. The standard InChI is InChI=1S/C11H20N4O2/c1-8-6-9(2)15(14-8)5-3-4-13-7-10(12)11(16)17/h6,10,13H,3-5,7,12H2,1-2H3,(H,16,17). The van der Waals surface area contributed by atoms with Crippen molar-refractivity contribution in [3.63, 3.8) is 0 Å². The average molecular weight is 240 g/mol. The quantitative estimate of drug-likeness (QED) is 0.578. The monoisotopic (exact) mass is 240 g/mol. The van der Waals surface area contributed by atoms with Crippen molar-refractivity contribution in [2.75, 3.05) is 13.1 Å². The molecule has 6 nitrogen and oxygen atoms in total. The fraction of sp³-hybridized carbons (Fsp3) is 0.636. The molecule has 0 aromatic carbocycles. The van der Waals surface area contributed by atoms with Crippen LogP contribution in [-0.4, -0.2) is 40.0 Å². The average Bonchev–Trinajstić information content (AvgIpc) is 2.56. The fourth-order valence-electron chi connectivity index (χ4n) is 1.60. The summed E-state index contributed by atoms with van der Waals surface area (Å²) in [4.78, 5) is 10.5. The van der Waals surface area contributed by atoms with Crippen LogP contribution >= 0.6 is 0 Å². The Bertz CT molecular complexity index is 376. The summed E-state index contributed by atoms with van der Waals surface area (Å²) < 4.78 is 1.95. The topological polar surface area (TPSA) is 93.2 Å². The summed E-state index contributed by atoms with van der Waals surface area (Å²) in [5.74, 6) is -0.976. The highest BCUT2D eigenvalue weighted by Crippen LogP contribution is 2.02. The van der Waals surface area contributed by atoms with E-state index in [0.29, 0.717) is 6.54 Å². The molecule has 0 spiro atoms. The molecule has 1 aromatic heterocycles. The summed E-state index contributed by atoms with van der Waals surface area (Å²) in [6, 6.07) is 1.21. The first-order valence-corrected chi connectivity index (χ1v) is 5.71. The molecule has 17 heavy (non-hydrogen) atoms. The minimum Gasteiger partial charge on any atom is -0.480 e. The van der Waals surface area contributed by atoms with Gasteiger partial charge in [-0.15, -0.1) is 0 Å². The van der Waals surface area contributed by atoms with E-state index >= 15 is 0 Å². The van der Waals surface area contributed by atoms with Gasteiger partial charge in [0.15, 0.2) is 0 Å². The van der Waals surface area contributed by atoms with Crippen molar-refractivity contribution in [1.82, 2.24) is 15.1 Å². The highest BCUT2D eigenvalue weighted by molar-refractivity contribution is 5.73. The van der Waals surface area contributed by atoms with Crippen LogP contribution in [0.15, 0.2) is 6.07 Å². The molecule has 0 amide bonds. The Balaban J connectivity index is 2.16. The molecule has 0 saturated heterocycles. The number of carboxylic acid groups (broad SMARTS) is 1. The molecular weight excluding hydrogens is 220 g/mol. The molecular formula is C11H20N4O2. The first kappa shape index (κ1) is 13.7. The zero-order chi connectivity index (χ0) is 12.8. The smallest absolute Gasteiger partial charge is 0.321 e. The van der Waals surface area contributed by atoms with Crippen molar-refractivity contribution in [2.24, 2.45) is 5.73 Å². The molecule has 6 heteroatoms. The van der Waals surface area contributed by atoms with E-state index in [-0.39, 0.29) is 0 Å². The molecule has 1 unspecified atom stereocenters. The SMILES string of the molecule is Cc1cc(C)n(CCCNCC(N)C(=O)O)n1. The number of hydrogen-bond acceptors (Lipinski definition) is 4. The number of aromatic nitrogens is 2. The Morgan fingerprint density at radius 1 is 1.65 bits per heavy atom. The largest absolute Gasteiger partial charge is 0.480 e. The van der Waals surface area contributed by atoms with Gasteiger partial charge < -0.3 is 16.2 Å². The number of nitrogens with two attached hydrogens (primary N) is 1. The molecule has 0 aliphatic carbocycles. The van der Waals surface area contributed by atoms with Crippen LogP contribution in [0.1, 0.15) is 17.8 Å². The molecule has 0 aliphatic rings. The van der Waals surface area contributed by atoms with Gasteiger partial charge in [0.25, 0.3) is 0 Å². The van der Waals surface area contributed by atoms with Crippen molar-refractivity contribution in [3.8, 4) is 0 Å². The zero-order valence-corrected chi connectivity index (χ0v) is 10.3. The minimum absolute atomic E-state index is 0.298. The number of nitrogens with zero attached hydrogens (tertiary/aromatic N) is 2. The van der Waals surface area contributed by atoms with Gasteiger partial charge in [0.1, 0.15) is 6.04 Å². The molecule has 4 N–H and O–H groups in total. The van der Waals surface area contributed by atoms with E-state index in [9.17, 15) is 4.79 Å². The second kappa shape index (κ2) is 6.36. The minimum atomic E-state index is -0.976. The fourth-order valence-corrected chi connectivity index (χ4v) is 1.60. The molecule has 0 fully saturated rings.